The van der Waals surface area contributed by atoms with E-state index in [0.717, 1.165) is 12.1 Å². The Balaban J connectivity index is 1.62. The number of pyridine rings is 1. The Kier molecular flexibility index (Phi) is 4.74. The minimum absolute atomic E-state index is 0.243. The maximum Gasteiger partial charge on any atom is 0.270 e. The second kappa shape index (κ2) is 7.51. The summed E-state index contributed by atoms with van der Waals surface area (Å²) >= 11 is 0. The lowest BCUT2D eigenvalue weighted by molar-refractivity contribution is 0.0847. The molecule has 29 heavy (non-hydrogen) atoms. The van der Waals surface area contributed by atoms with Gasteiger partial charge in [-0.05, 0) is 36.4 Å². The van der Waals surface area contributed by atoms with Gasteiger partial charge in [-0.15, -0.1) is 0 Å². The van der Waals surface area contributed by atoms with Gasteiger partial charge in [0.05, 0.1) is 17.3 Å². The fourth-order valence-electron chi connectivity index (χ4n) is 2.85. The SMILES string of the molecule is O=C(NNC(=O)c1cc(-c2ccco2)nc2ccccc12)c1cc(F)cc(F)c1. The number of furan rings is 1. The lowest BCUT2D eigenvalue weighted by atomic mass is 10.1. The van der Waals surface area contributed by atoms with Crippen molar-refractivity contribution in [2.24, 2.45) is 0 Å². The Hall–Kier alpha value is -4.07. The number of hydrazine groups is 1. The van der Waals surface area contributed by atoms with Gasteiger partial charge in [0.25, 0.3) is 11.8 Å². The number of carbonyl (C=O) groups is 2. The lowest BCUT2D eigenvalue weighted by Gasteiger charge is -2.11. The fraction of sp³-hybridized carbons (Fsp3) is 0. The molecule has 0 aliphatic carbocycles. The van der Waals surface area contributed by atoms with Gasteiger partial charge in [-0.2, -0.15) is 0 Å². The van der Waals surface area contributed by atoms with E-state index < -0.39 is 23.4 Å². The van der Waals surface area contributed by atoms with Crippen LogP contribution >= 0.6 is 0 Å². The van der Waals surface area contributed by atoms with E-state index >= 15 is 0 Å². The Morgan fingerprint density at radius 1 is 0.862 bits per heavy atom. The molecule has 2 heterocycles. The number of para-hydroxylation sites is 1. The molecular weight excluding hydrogens is 380 g/mol. The zero-order chi connectivity index (χ0) is 20.4. The molecule has 4 aromatic rings. The van der Waals surface area contributed by atoms with E-state index in [9.17, 15) is 18.4 Å². The van der Waals surface area contributed by atoms with Gasteiger partial charge in [-0.1, -0.05) is 18.2 Å². The standard InChI is InChI=1S/C21H13F2N3O3/c22-13-8-12(9-14(23)10-13)20(27)25-26-21(28)16-11-18(19-6-3-7-29-19)24-17-5-2-1-4-15(16)17/h1-11H,(H,25,27)(H,26,28). The topological polar surface area (TPSA) is 84.2 Å². The van der Waals surface area contributed by atoms with E-state index in [4.69, 9.17) is 4.42 Å². The van der Waals surface area contributed by atoms with Gasteiger partial charge in [-0.3, -0.25) is 20.4 Å². The fourth-order valence-corrected chi connectivity index (χ4v) is 2.85. The Morgan fingerprint density at radius 2 is 1.59 bits per heavy atom. The highest BCUT2D eigenvalue weighted by Gasteiger charge is 2.16. The minimum atomic E-state index is -0.898. The predicted molar refractivity (Wildman–Crippen MR) is 101 cm³/mol. The van der Waals surface area contributed by atoms with Crippen molar-refractivity contribution in [1.29, 1.82) is 0 Å². The van der Waals surface area contributed by atoms with Crippen molar-refractivity contribution in [2.45, 2.75) is 0 Å². The summed E-state index contributed by atoms with van der Waals surface area (Å²) in [5, 5.41) is 0.561. The van der Waals surface area contributed by atoms with Crippen LogP contribution in [0.4, 0.5) is 8.78 Å². The van der Waals surface area contributed by atoms with E-state index in [2.05, 4.69) is 15.8 Å². The number of hydrogen-bond donors (Lipinski definition) is 2. The van der Waals surface area contributed by atoms with Crippen LogP contribution in [0.5, 0.6) is 0 Å². The first-order chi connectivity index (χ1) is 14.0. The monoisotopic (exact) mass is 393 g/mol. The number of rotatable bonds is 3. The van der Waals surface area contributed by atoms with Crippen LogP contribution in [-0.2, 0) is 0 Å². The first-order valence-electron chi connectivity index (χ1n) is 8.52. The molecule has 0 aliphatic heterocycles. The number of benzene rings is 2. The summed E-state index contributed by atoms with van der Waals surface area (Å²) in [6, 6.07) is 14.3. The van der Waals surface area contributed by atoms with Crippen LogP contribution in [0, 0.1) is 11.6 Å². The van der Waals surface area contributed by atoms with Gasteiger partial charge in [-0.25, -0.2) is 13.8 Å². The number of aromatic nitrogens is 1. The van der Waals surface area contributed by atoms with E-state index in [1.807, 2.05) is 0 Å². The van der Waals surface area contributed by atoms with Crippen molar-refractivity contribution in [2.75, 3.05) is 0 Å². The van der Waals surface area contributed by atoms with E-state index in [1.54, 1.807) is 36.4 Å². The second-order valence-electron chi connectivity index (χ2n) is 6.12. The molecule has 0 spiro atoms. The molecular formula is C21H13F2N3O3. The molecule has 4 rings (SSSR count). The first kappa shape index (κ1) is 18.3. The van der Waals surface area contributed by atoms with E-state index in [0.29, 0.717) is 28.4 Å². The highest BCUT2D eigenvalue weighted by atomic mass is 19.1. The molecule has 144 valence electrons. The summed E-state index contributed by atoms with van der Waals surface area (Å²) in [6.07, 6.45) is 1.49. The van der Waals surface area contributed by atoms with E-state index in [-0.39, 0.29) is 11.1 Å². The molecule has 2 amide bonds. The zero-order valence-electron chi connectivity index (χ0n) is 14.8. The Bertz CT molecular complexity index is 1200. The van der Waals surface area contributed by atoms with Crippen LogP contribution in [-0.4, -0.2) is 16.8 Å². The normalized spacial score (nSPS) is 10.7. The molecule has 0 saturated heterocycles. The van der Waals surface area contributed by atoms with Gasteiger partial charge in [0.1, 0.15) is 17.3 Å². The smallest absolute Gasteiger partial charge is 0.270 e. The summed E-state index contributed by atoms with van der Waals surface area (Å²) in [5.41, 5.74) is 5.39. The summed E-state index contributed by atoms with van der Waals surface area (Å²) in [7, 11) is 0. The van der Waals surface area contributed by atoms with Crippen LogP contribution in [0.25, 0.3) is 22.4 Å². The molecule has 6 nitrogen and oxygen atoms in total. The molecule has 2 aromatic carbocycles. The third kappa shape index (κ3) is 3.81. The van der Waals surface area contributed by atoms with Crippen LogP contribution < -0.4 is 10.9 Å². The maximum atomic E-state index is 13.3. The predicted octanol–water partition coefficient (Wildman–Crippen LogP) is 3.85. The number of amides is 2. The molecule has 0 unspecified atom stereocenters. The highest BCUT2D eigenvalue weighted by Crippen LogP contribution is 2.25. The summed E-state index contributed by atoms with van der Waals surface area (Å²) in [6.45, 7) is 0. The molecule has 0 aliphatic rings. The van der Waals surface area contributed by atoms with Crippen LogP contribution in [0.1, 0.15) is 20.7 Å². The van der Waals surface area contributed by atoms with Crippen molar-refractivity contribution < 1.29 is 22.8 Å². The minimum Gasteiger partial charge on any atom is -0.463 e. The van der Waals surface area contributed by atoms with Gasteiger partial charge in [0.2, 0.25) is 0 Å². The lowest BCUT2D eigenvalue weighted by Crippen LogP contribution is -2.41. The maximum absolute atomic E-state index is 13.3. The zero-order valence-corrected chi connectivity index (χ0v) is 14.8. The average Bonchev–Trinajstić information content (AvgIpc) is 3.25. The number of nitrogens with one attached hydrogen (secondary N) is 2. The molecule has 0 atom stereocenters. The third-order valence-corrected chi connectivity index (χ3v) is 4.15. The summed E-state index contributed by atoms with van der Waals surface area (Å²) < 4.78 is 31.9. The number of carbonyl (C=O) groups excluding carboxylic acids is 2. The average molecular weight is 393 g/mol. The van der Waals surface area contributed by atoms with E-state index in [1.165, 1.54) is 12.3 Å². The number of fused-ring (bicyclic) bond motifs is 1. The number of halogens is 2. The molecule has 8 heteroatoms. The first-order valence-corrected chi connectivity index (χ1v) is 8.52. The quantitative estimate of drug-likeness (QED) is 0.518. The molecule has 0 fully saturated rings. The molecule has 0 bridgehead atoms. The van der Waals surface area contributed by atoms with Crippen LogP contribution in [0.3, 0.4) is 0 Å². The van der Waals surface area contributed by atoms with Gasteiger partial charge in [0, 0.05) is 17.0 Å². The number of nitrogens with zero attached hydrogens (tertiary/aromatic N) is 1. The molecule has 0 saturated carbocycles. The van der Waals surface area contributed by atoms with Crippen molar-refractivity contribution in [3.8, 4) is 11.5 Å². The Labute approximate surface area is 163 Å². The van der Waals surface area contributed by atoms with Gasteiger partial charge >= 0.3 is 0 Å². The third-order valence-electron chi connectivity index (χ3n) is 4.15. The van der Waals surface area contributed by atoms with Gasteiger partial charge < -0.3 is 4.42 Å². The number of hydrogen-bond acceptors (Lipinski definition) is 4. The van der Waals surface area contributed by atoms with Crippen molar-refractivity contribution >= 4 is 22.7 Å². The van der Waals surface area contributed by atoms with Crippen LogP contribution in [0.2, 0.25) is 0 Å². The highest BCUT2D eigenvalue weighted by molar-refractivity contribution is 6.08. The molecule has 2 N–H and O–H groups in total. The molecule has 0 radical (unpaired) electrons. The largest absolute Gasteiger partial charge is 0.463 e. The van der Waals surface area contributed by atoms with Crippen LogP contribution in [0.15, 0.2) is 71.3 Å². The van der Waals surface area contributed by atoms with Crippen molar-refractivity contribution in [3.05, 3.63) is 89.7 Å². The molecule has 2 aromatic heterocycles. The second-order valence-corrected chi connectivity index (χ2v) is 6.12. The van der Waals surface area contributed by atoms with Crippen molar-refractivity contribution in [3.63, 3.8) is 0 Å². The summed E-state index contributed by atoms with van der Waals surface area (Å²) in [4.78, 5) is 29.3. The van der Waals surface area contributed by atoms with Gasteiger partial charge in [0.15, 0.2) is 5.76 Å². The summed E-state index contributed by atoms with van der Waals surface area (Å²) in [5.74, 6) is -2.80. The Morgan fingerprint density at radius 3 is 2.31 bits per heavy atom. The van der Waals surface area contributed by atoms with Crippen molar-refractivity contribution in [1.82, 2.24) is 15.8 Å².